The van der Waals surface area contributed by atoms with Gasteiger partial charge in [0.25, 0.3) is 0 Å². The molecule has 0 saturated carbocycles. The highest BCUT2D eigenvalue weighted by Crippen LogP contribution is 2.37. The molecule has 1 atom stereocenters. The zero-order valence-corrected chi connectivity index (χ0v) is 19.4. The van der Waals surface area contributed by atoms with Crippen LogP contribution in [-0.4, -0.2) is 20.2 Å². The minimum atomic E-state index is -0.0790. The molecule has 2 aromatic carbocycles. The van der Waals surface area contributed by atoms with Gasteiger partial charge in [0.2, 0.25) is 0 Å². The zero-order valence-electron chi connectivity index (χ0n) is 18.4. The van der Waals surface area contributed by atoms with E-state index in [-0.39, 0.29) is 17.6 Å². The largest absolute Gasteiger partial charge is 0.467 e. The van der Waals surface area contributed by atoms with Gasteiger partial charge in [-0.05, 0) is 40.8 Å². The first-order valence-corrected chi connectivity index (χ1v) is 10.6. The van der Waals surface area contributed by atoms with E-state index in [1.807, 2.05) is 13.0 Å². The maximum atomic E-state index is 11.6. The predicted octanol–water partition coefficient (Wildman–Crippen LogP) is 5.01. The molecule has 0 amide bonds. The summed E-state index contributed by atoms with van der Waals surface area (Å²) in [6.45, 7) is 15.5. The van der Waals surface area contributed by atoms with Crippen molar-refractivity contribution in [2.45, 2.75) is 59.3 Å². The first kappa shape index (κ1) is 22.6. The van der Waals surface area contributed by atoms with E-state index in [9.17, 15) is 4.79 Å². The van der Waals surface area contributed by atoms with E-state index in [1.54, 1.807) is 7.11 Å². The highest BCUT2D eigenvalue weighted by molar-refractivity contribution is 7.56. The van der Waals surface area contributed by atoms with E-state index in [0.717, 1.165) is 33.8 Å². The molecule has 2 aromatic rings. The third-order valence-electron chi connectivity index (χ3n) is 4.69. The Morgan fingerprint density at radius 3 is 2.18 bits per heavy atom. The molecular weight excluding hydrogens is 367 g/mol. The van der Waals surface area contributed by atoms with E-state index < -0.39 is 0 Å². The molecule has 0 N–H and O–H groups in total. The van der Waals surface area contributed by atoms with Crippen molar-refractivity contribution in [1.29, 1.82) is 0 Å². The highest BCUT2D eigenvalue weighted by atomic mass is 31.1. The monoisotopic (exact) mass is 400 g/mol. The Balaban J connectivity index is 2.70. The van der Waals surface area contributed by atoms with Crippen LogP contribution in [0.3, 0.4) is 0 Å². The van der Waals surface area contributed by atoms with Gasteiger partial charge in [0.1, 0.15) is 5.75 Å². The third-order valence-corrected chi connectivity index (χ3v) is 6.05. The van der Waals surface area contributed by atoms with E-state index in [2.05, 4.69) is 65.8 Å². The maximum Gasteiger partial charge on any atom is 0.188 e. The van der Waals surface area contributed by atoms with Gasteiger partial charge in [-0.3, -0.25) is 4.79 Å². The van der Waals surface area contributed by atoms with Gasteiger partial charge in [-0.15, -0.1) is 0 Å². The first-order chi connectivity index (χ1) is 13.0. The summed E-state index contributed by atoms with van der Waals surface area (Å²) in [4.78, 5) is 11.6. The van der Waals surface area contributed by atoms with Crippen LogP contribution in [0.1, 0.15) is 68.6 Å². The molecule has 0 heterocycles. The van der Waals surface area contributed by atoms with Crippen molar-refractivity contribution in [3.8, 4) is 5.75 Å². The fraction of sp³-hybridized carbons (Fsp3) is 0.458. The van der Waals surface area contributed by atoms with Crippen LogP contribution in [-0.2, 0) is 15.6 Å². The molecule has 28 heavy (non-hydrogen) atoms. The molecule has 0 spiro atoms. The fourth-order valence-electron chi connectivity index (χ4n) is 3.02. The van der Waals surface area contributed by atoms with Gasteiger partial charge in [0.05, 0.1) is 0 Å². The highest BCUT2D eigenvalue weighted by Gasteiger charge is 2.26. The van der Waals surface area contributed by atoms with Crippen LogP contribution in [0.15, 0.2) is 30.3 Å². The number of hydrogen-bond acceptors (Lipinski definition) is 3. The second kappa shape index (κ2) is 8.76. The van der Waals surface area contributed by atoms with Crippen molar-refractivity contribution in [2.75, 3.05) is 13.9 Å². The van der Waals surface area contributed by atoms with Crippen LogP contribution >= 0.6 is 8.58 Å². The number of benzene rings is 2. The lowest BCUT2D eigenvalue weighted by atomic mass is 9.80. The average Bonchev–Trinajstić information content (AvgIpc) is 2.59. The van der Waals surface area contributed by atoms with Gasteiger partial charge in [-0.2, -0.15) is 0 Å². The van der Waals surface area contributed by atoms with E-state index in [0.29, 0.717) is 8.58 Å². The molecule has 4 heteroatoms. The standard InChI is InChI=1S/C24H33O3P/c1-16-9-10-20(17(11-16)14-25)28-21-13-18(23(2,3)4)12-19(24(5,6)7)22(21)27-15-26-8/h9-14,28H,15H2,1-8H3. The maximum absolute atomic E-state index is 11.6. The van der Waals surface area contributed by atoms with Crippen LogP contribution < -0.4 is 15.3 Å². The molecule has 3 nitrogen and oxygen atoms in total. The first-order valence-electron chi connectivity index (χ1n) is 9.61. The minimum absolute atomic E-state index is 0.0137. The van der Waals surface area contributed by atoms with Crippen molar-refractivity contribution in [1.82, 2.24) is 0 Å². The quantitative estimate of drug-likeness (QED) is 0.388. The smallest absolute Gasteiger partial charge is 0.188 e. The Hall–Kier alpha value is -1.70. The van der Waals surface area contributed by atoms with Gasteiger partial charge < -0.3 is 9.47 Å². The summed E-state index contributed by atoms with van der Waals surface area (Å²) >= 11 is 0. The minimum Gasteiger partial charge on any atom is -0.467 e. The lowest BCUT2D eigenvalue weighted by Gasteiger charge is -2.29. The van der Waals surface area contributed by atoms with Gasteiger partial charge in [-0.25, -0.2) is 0 Å². The van der Waals surface area contributed by atoms with Crippen molar-refractivity contribution < 1.29 is 14.3 Å². The number of carbonyl (C=O) groups is 1. The van der Waals surface area contributed by atoms with E-state index in [1.165, 1.54) is 11.1 Å². The lowest BCUT2D eigenvalue weighted by molar-refractivity contribution is 0.0506. The second-order valence-electron chi connectivity index (χ2n) is 9.28. The van der Waals surface area contributed by atoms with Crippen LogP contribution in [0.5, 0.6) is 5.75 Å². The summed E-state index contributed by atoms with van der Waals surface area (Å²) in [5.74, 6) is 0.873. The van der Waals surface area contributed by atoms with Crippen LogP contribution in [0.2, 0.25) is 0 Å². The number of ether oxygens (including phenoxy) is 2. The normalized spacial score (nSPS) is 12.6. The summed E-state index contributed by atoms with van der Waals surface area (Å²) in [5, 5.41) is 2.15. The topological polar surface area (TPSA) is 35.5 Å². The summed E-state index contributed by atoms with van der Waals surface area (Å²) in [7, 11) is 1.96. The second-order valence-corrected chi connectivity index (χ2v) is 10.6. The van der Waals surface area contributed by atoms with Crippen LogP contribution in [0, 0.1) is 6.92 Å². The molecule has 1 unspecified atom stereocenters. The van der Waals surface area contributed by atoms with Crippen molar-refractivity contribution in [2.24, 2.45) is 0 Å². The molecule has 0 aromatic heterocycles. The van der Waals surface area contributed by atoms with Crippen molar-refractivity contribution in [3.05, 3.63) is 52.6 Å². The molecule has 152 valence electrons. The Labute approximate surface area is 171 Å². The summed E-state index contributed by atoms with van der Waals surface area (Å²) in [6.07, 6.45) is 0.948. The van der Waals surface area contributed by atoms with E-state index in [4.69, 9.17) is 9.47 Å². The molecular formula is C24H33O3P. The Kier molecular flexibility index (Phi) is 7.07. The molecule has 2 rings (SSSR count). The molecule has 0 saturated heterocycles. The Morgan fingerprint density at radius 2 is 1.64 bits per heavy atom. The SMILES string of the molecule is COCOc1c(Pc2ccc(C)cc2C=O)cc(C(C)(C)C)cc1C(C)(C)C. The third kappa shape index (κ3) is 5.43. The van der Waals surface area contributed by atoms with Crippen LogP contribution in [0.4, 0.5) is 0 Å². The molecule has 0 bridgehead atoms. The Bertz CT molecular complexity index is 842. The number of hydrogen-bond donors (Lipinski definition) is 0. The molecule has 0 fully saturated rings. The number of methoxy groups -OCH3 is 1. The van der Waals surface area contributed by atoms with Gasteiger partial charge in [-0.1, -0.05) is 73.9 Å². The zero-order chi connectivity index (χ0) is 21.1. The summed E-state index contributed by atoms with van der Waals surface area (Å²) in [6, 6.07) is 10.5. The fourth-order valence-corrected chi connectivity index (χ4v) is 4.30. The van der Waals surface area contributed by atoms with Crippen molar-refractivity contribution >= 4 is 25.5 Å². The average molecular weight is 400 g/mol. The molecule has 0 aliphatic carbocycles. The summed E-state index contributed by atoms with van der Waals surface area (Å²) < 4.78 is 11.3. The van der Waals surface area contributed by atoms with Gasteiger partial charge in [0.15, 0.2) is 13.1 Å². The molecule has 0 radical (unpaired) electrons. The molecule has 0 aliphatic heterocycles. The Morgan fingerprint density at radius 1 is 0.964 bits per heavy atom. The number of aryl methyl sites for hydroxylation is 1. The number of carbonyl (C=O) groups excluding carboxylic acids is 1. The molecule has 0 aliphatic rings. The number of aldehydes is 1. The lowest BCUT2D eigenvalue weighted by Crippen LogP contribution is -2.24. The summed E-state index contributed by atoms with van der Waals surface area (Å²) in [5.41, 5.74) is 4.20. The van der Waals surface area contributed by atoms with Gasteiger partial charge >= 0.3 is 0 Å². The number of rotatable bonds is 6. The predicted molar refractivity (Wildman–Crippen MR) is 120 cm³/mol. The van der Waals surface area contributed by atoms with Crippen molar-refractivity contribution in [3.63, 3.8) is 0 Å². The van der Waals surface area contributed by atoms with Gasteiger partial charge in [0, 0.05) is 23.5 Å². The van der Waals surface area contributed by atoms with E-state index >= 15 is 0 Å². The van der Waals surface area contributed by atoms with Crippen LogP contribution in [0.25, 0.3) is 0 Å².